The number of sulfone groups is 1. The molecular formula is C12H13Br2NO3S. The molecule has 1 aliphatic heterocycles. The first-order chi connectivity index (χ1) is 8.67. The quantitative estimate of drug-likeness (QED) is 0.701. The Bertz CT molecular complexity index is 609. The normalized spacial score (nSPS) is 18.8. The van der Waals surface area contributed by atoms with Crippen LogP contribution in [0, 0.1) is 0 Å². The topological polar surface area (TPSA) is 55.7 Å². The molecule has 0 fully saturated rings. The second-order valence-electron chi connectivity index (χ2n) is 4.90. The van der Waals surface area contributed by atoms with E-state index in [-0.39, 0.29) is 11.5 Å². The minimum atomic E-state index is -3.70. The molecule has 1 aliphatic rings. The van der Waals surface area contributed by atoms with E-state index in [1.165, 1.54) is 0 Å². The zero-order chi connectivity index (χ0) is 14.3. The number of hydrogen-bond acceptors (Lipinski definition) is 4. The molecule has 0 spiro atoms. The van der Waals surface area contributed by atoms with E-state index in [1.54, 1.807) is 38.1 Å². The lowest BCUT2D eigenvalue weighted by atomic mass is 10.1. The molecule has 0 aliphatic carbocycles. The van der Waals surface area contributed by atoms with Gasteiger partial charge in [-0.25, -0.2) is 8.42 Å². The number of alkyl halides is 2. The van der Waals surface area contributed by atoms with Crippen LogP contribution < -0.4 is 0 Å². The van der Waals surface area contributed by atoms with Crippen LogP contribution in [0.15, 0.2) is 35.5 Å². The fourth-order valence-electron chi connectivity index (χ4n) is 1.68. The summed E-state index contributed by atoms with van der Waals surface area (Å²) < 4.78 is 23.9. The van der Waals surface area contributed by atoms with Crippen LogP contribution in [0.4, 0.5) is 0 Å². The van der Waals surface area contributed by atoms with E-state index in [4.69, 9.17) is 4.84 Å². The summed E-state index contributed by atoms with van der Waals surface area (Å²) in [5.74, 6) is 0. The highest BCUT2D eigenvalue weighted by Crippen LogP contribution is 2.46. The maximum absolute atomic E-state index is 12.6. The van der Waals surface area contributed by atoms with Crippen molar-refractivity contribution in [3.63, 3.8) is 0 Å². The molecule has 0 saturated carbocycles. The Labute approximate surface area is 129 Å². The van der Waals surface area contributed by atoms with Gasteiger partial charge in [-0.15, -0.1) is 0 Å². The average Bonchev–Trinajstić information content (AvgIpc) is 2.71. The third kappa shape index (κ3) is 2.73. The lowest BCUT2D eigenvalue weighted by Gasteiger charge is -2.21. The molecule has 0 N–H and O–H groups in total. The zero-order valence-electron chi connectivity index (χ0n) is 10.4. The van der Waals surface area contributed by atoms with Crippen molar-refractivity contribution in [2.24, 2.45) is 5.16 Å². The number of benzene rings is 1. The van der Waals surface area contributed by atoms with Crippen LogP contribution in [0.2, 0.25) is 0 Å². The first-order valence-electron chi connectivity index (χ1n) is 5.60. The van der Waals surface area contributed by atoms with Crippen molar-refractivity contribution < 1.29 is 13.3 Å². The fourth-order valence-corrected chi connectivity index (χ4v) is 4.75. The average molecular weight is 411 g/mol. The molecule has 0 radical (unpaired) electrons. The largest absolute Gasteiger partial charge is 0.389 e. The second kappa shape index (κ2) is 4.86. The Morgan fingerprint density at radius 2 is 1.84 bits per heavy atom. The molecule has 4 nitrogen and oxygen atoms in total. The van der Waals surface area contributed by atoms with Crippen molar-refractivity contribution in [2.75, 3.05) is 0 Å². The maximum Gasteiger partial charge on any atom is 0.225 e. The van der Waals surface area contributed by atoms with E-state index in [9.17, 15) is 8.42 Å². The Balaban J connectivity index is 2.41. The smallest absolute Gasteiger partial charge is 0.225 e. The Kier molecular flexibility index (Phi) is 3.83. The molecule has 104 valence electrons. The standard InChI is InChI=1S/C12H13Br2NO3S/c1-11(2)8-10(15-18-11)19(16,17)12(13,14)9-6-4-3-5-7-9/h3-7H,8H2,1-2H3. The number of rotatable bonds is 2. The van der Waals surface area contributed by atoms with E-state index < -0.39 is 18.0 Å². The molecular weight excluding hydrogens is 398 g/mol. The first-order valence-corrected chi connectivity index (χ1v) is 8.67. The SMILES string of the molecule is CC1(C)CC(S(=O)(=O)C(Br)(Br)c2ccccc2)=NO1. The molecule has 0 saturated heterocycles. The van der Waals surface area contributed by atoms with Gasteiger partial charge in [-0.3, -0.25) is 0 Å². The van der Waals surface area contributed by atoms with Crippen LogP contribution >= 0.6 is 31.9 Å². The summed E-state index contributed by atoms with van der Waals surface area (Å²) in [6.45, 7) is 3.59. The second-order valence-corrected chi connectivity index (χ2v) is 11.5. The third-order valence-corrected chi connectivity index (χ3v) is 7.95. The summed E-state index contributed by atoms with van der Waals surface area (Å²) in [5, 5.41) is 3.76. The van der Waals surface area contributed by atoms with E-state index in [2.05, 4.69) is 37.0 Å². The summed E-state index contributed by atoms with van der Waals surface area (Å²) in [6.07, 6.45) is 0.251. The molecule has 1 aromatic rings. The van der Waals surface area contributed by atoms with Crippen LogP contribution in [0.3, 0.4) is 0 Å². The van der Waals surface area contributed by atoms with Crippen molar-refractivity contribution in [1.29, 1.82) is 0 Å². The molecule has 0 amide bonds. The van der Waals surface area contributed by atoms with Gasteiger partial charge in [0.2, 0.25) is 12.4 Å². The predicted molar refractivity (Wildman–Crippen MR) is 82.1 cm³/mol. The van der Waals surface area contributed by atoms with Crippen LogP contribution in [0.1, 0.15) is 25.8 Å². The predicted octanol–water partition coefficient (Wildman–Crippen LogP) is 3.51. The number of nitrogens with zero attached hydrogens (tertiary/aromatic N) is 1. The number of hydrogen-bond donors (Lipinski definition) is 0. The van der Waals surface area contributed by atoms with Gasteiger partial charge in [0.1, 0.15) is 5.60 Å². The summed E-state index contributed by atoms with van der Waals surface area (Å²) in [7, 11) is -3.70. The molecule has 1 heterocycles. The van der Waals surface area contributed by atoms with E-state index in [0.29, 0.717) is 5.56 Å². The molecule has 0 unspecified atom stereocenters. The van der Waals surface area contributed by atoms with Gasteiger partial charge in [-0.05, 0) is 51.3 Å². The Hall–Kier alpha value is -0.400. The minimum Gasteiger partial charge on any atom is -0.389 e. The molecule has 0 atom stereocenters. The van der Waals surface area contributed by atoms with Gasteiger partial charge in [-0.1, -0.05) is 35.5 Å². The van der Waals surface area contributed by atoms with Gasteiger partial charge in [-0.2, -0.15) is 0 Å². The monoisotopic (exact) mass is 409 g/mol. The first kappa shape index (κ1) is 15.0. The lowest BCUT2D eigenvalue weighted by molar-refractivity contribution is 0.0123. The van der Waals surface area contributed by atoms with Gasteiger partial charge in [0.05, 0.1) is 0 Å². The molecule has 2 rings (SSSR count). The molecule has 19 heavy (non-hydrogen) atoms. The van der Waals surface area contributed by atoms with Gasteiger partial charge in [0.25, 0.3) is 0 Å². The van der Waals surface area contributed by atoms with Crippen molar-refractivity contribution in [3.05, 3.63) is 35.9 Å². The van der Waals surface area contributed by atoms with Crippen molar-refractivity contribution in [3.8, 4) is 0 Å². The summed E-state index contributed by atoms with van der Waals surface area (Å²) in [6, 6.07) is 8.83. The van der Waals surface area contributed by atoms with E-state index in [0.717, 1.165) is 0 Å². The highest BCUT2D eigenvalue weighted by Gasteiger charge is 2.48. The van der Waals surface area contributed by atoms with Gasteiger partial charge >= 0.3 is 0 Å². The van der Waals surface area contributed by atoms with Crippen LogP contribution in [-0.4, -0.2) is 19.1 Å². The zero-order valence-corrected chi connectivity index (χ0v) is 14.4. The molecule has 0 bridgehead atoms. The van der Waals surface area contributed by atoms with Crippen molar-refractivity contribution in [1.82, 2.24) is 0 Å². The van der Waals surface area contributed by atoms with Crippen molar-refractivity contribution >= 4 is 46.7 Å². The molecule has 1 aromatic carbocycles. The van der Waals surface area contributed by atoms with E-state index >= 15 is 0 Å². The van der Waals surface area contributed by atoms with Crippen molar-refractivity contribution in [2.45, 2.75) is 28.4 Å². The molecule has 7 heteroatoms. The number of halogens is 2. The summed E-state index contributed by atoms with van der Waals surface area (Å²) in [5.41, 5.74) is -0.00256. The van der Waals surface area contributed by atoms with Crippen LogP contribution in [-0.2, 0) is 17.2 Å². The Morgan fingerprint density at radius 3 is 2.32 bits per heavy atom. The fraction of sp³-hybridized carbons (Fsp3) is 0.417. The van der Waals surface area contributed by atoms with Crippen LogP contribution in [0.5, 0.6) is 0 Å². The van der Waals surface area contributed by atoms with Gasteiger partial charge in [0.15, 0.2) is 5.04 Å². The number of oxime groups is 1. The molecule has 0 aromatic heterocycles. The Morgan fingerprint density at radius 1 is 1.26 bits per heavy atom. The minimum absolute atomic E-state index is 0.0371. The van der Waals surface area contributed by atoms with Crippen LogP contribution in [0.25, 0.3) is 0 Å². The highest BCUT2D eigenvalue weighted by molar-refractivity contribution is 9.27. The summed E-state index contributed by atoms with van der Waals surface area (Å²) >= 11 is 6.50. The van der Waals surface area contributed by atoms with E-state index in [1.807, 2.05) is 6.07 Å². The van der Waals surface area contributed by atoms with Gasteiger partial charge in [0, 0.05) is 6.42 Å². The maximum atomic E-state index is 12.6. The van der Waals surface area contributed by atoms with Gasteiger partial charge < -0.3 is 4.84 Å². The highest BCUT2D eigenvalue weighted by atomic mass is 79.9. The third-order valence-electron chi connectivity index (χ3n) is 2.73. The summed E-state index contributed by atoms with van der Waals surface area (Å²) in [4.78, 5) is 5.14. The lowest BCUT2D eigenvalue weighted by Crippen LogP contribution is -2.31.